The largest absolute Gasteiger partial charge is 0.497 e. The van der Waals surface area contributed by atoms with Crippen molar-refractivity contribution in [2.24, 2.45) is 0 Å². The van der Waals surface area contributed by atoms with Gasteiger partial charge in [-0.1, -0.05) is 37.1 Å². The van der Waals surface area contributed by atoms with Crippen LogP contribution in [0.4, 0.5) is 5.69 Å². The van der Waals surface area contributed by atoms with Crippen LogP contribution in [0.1, 0.15) is 63.7 Å². The average molecular weight is 444 g/mol. The summed E-state index contributed by atoms with van der Waals surface area (Å²) < 4.78 is 7.62. The molecule has 1 saturated heterocycles. The number of amides is 1. The second kappa shape index (κ2) is 10.4. The first-order valence-electron chi connectivity index (χ1n) is 11.4. The van der Waals surface area contributed by atoms with Crippen molar-refractivity contribution in [2.75, 3.05) is 25.5 Å². The van der Waals surface area contributed by atoms with Crippen LogP contribution < -0.4 is 10.1 Å². The maximum Gasteiger partial charge on any atom is 0.235 e. The highest BCUT2D eigenvalue weighted by Gasteiger charge is 2.28. The van der Waals surface area contributed by atoms with Gasteiger partial charge in [0.25, 0.3) is 0 Å². The molecule has 1 aromatic heterocycles. The van der Waals surface area contributed by atoms with Crippen LogP contribution in [0.5, 0.6) is 5.75 Å². The van der Waals surface area contributed by atoms with E-state index in [0.717, 1.165) is 61.2 Å². The van der Waals surface area contributed by atoms with Crippen molar-refractivity contribution in [3.8, 4) is 5.75 Å². The molecule has 1 N–H and O–H groups in total. The van der Waals surface area contributed by atoms with Crippen molar-refractivity contribution in [1.82, 2.24) is 19.7 Å². The van der Waals surface area contributed by atoms with E-state index in [9.17, 15) is 4.79 Å². The Balaban J connectivity index is 1.51. The summed E-state index contributed by atoms with van der Waals surface area (Å²) in [5, 5.41) is 13.2. The Bertz CT molecular complexity index is 875. The van der Waals surface area contributed by atoms with Gasteiger partial charge in [0, 0.05) is 30.9 Å². The van der Waals surface area contributed by atoms with Gasteiger partial charge in [-0.15, -0.1) is 10.2 Å². The SMILES string of the molecule is COc1cccc(NCc2nnc(S[C@@H](C)C(=O)N3CCCC3)n2C2CCCCC2)c1. The molecule has 4 rings (SSSR count). The minimum atomic E-state index is -0.149. The Kier molecular flexibility index (Phi) is 7.37. The minimum absolute atomic E-state index is 0.149. The maximum atomic E-state index is 12.8. The van der Waals surface area contributed by atoms with Crippen molar-refractivity contribution in [1.29, 1.82) is 0 Å². The van der Waals surface area contributed by atoms with Crippen LogP contribution >= 0.6 is 11.8 Å². The van der Waals surface area contributed by atoms with Crippen LogP contribution in [0.25, 0.3) is 0 Å². The lowest BCUT2D eigenvalue weighted by atomic mass is 9.95. The van der Waals surface area contributed by atoms with E-state index in [1.807, 2.05) is 36.1 Å². The molecule has 2 fully saturated rings. The predicted octanol–water partition coefficient (Wildman–Crippen LogP) is 4.51. The summed E-state index contributed by atoms with van der Waals surface area (Å²) in [7, 11) is 1.67. The number of nitrogens with one attached hydrogen (secondary N) is 1. The third-order valence-electron chi connectivity index (χ3n) is 6.24. The number of carbonyl (C=O) groups is 1. The Morgan fingerprint density at radius 1 is 1.19 bits per heavy atom. The van der Waals surface area contributed by atoms with Gasteiger partial charge in [0.1, 0.15) is 5.75 Å². The first kappa shape index (κ1) is 22.0. The van der Waals surface area contributed by atoms with Gasteiger partial charge in [0.2, 0.25) is 5.91 Å². The second-order valence-electron chi connectivity index (χ2n) is 8.44. The van der Waals surface area contributed by atoms with Crippen molar-refractivity contribution in [3.63, 3.8) is 0 Å². The maximum absolute atomic E-state index is 12.8. The molecule has 2 aliphatic rings. The molecule has 1 aromatic carbocycles. The summed E-state index contributed by atoms with van der Waals surface area (Å²) in [6.07, 6.45) is 8.28. The molecule has 31 heavy (non-hydrogen) atoms. The number of hydrogen-bond acceptors (Lipinski definition) is 6. The lowest BCUT2D eigenvalue weighted by Gasteiger charge is -2.26. The molecule has 1 aliphatic carbocycles. The van der Waals surface area contributed by atoms with Gasteiger partial charge >= 0.3 is 0 Å². The van der Waals surface area contributed by atoms with Gasteiger partial charge in [-0.2, -0.15) is 0 Å². The molecule has 168 valence electrons. The molecule has 1 amide bonds. The van der Waals surface area contributed by atoms with E-state index in [0.29, 0.717) is 12.6 Å². The molecule has 0 spiro atoms. The zero-order chi connectivity index (χ0) is 21.6. The fourth-order valence-electron chi connectivity index (χ4n) is 4.53. The van der Waals surface area contributed by atoms with Crippen molar-refractivity contribution in [3.05, 3.63) is 30.1 Å². The number of benzene rings is 1. The molecule has 1 atom stereocenters. The van der Waals surface area contributed by atoms with Crippen LogP contribution in [0.2, 0.25) is 0 Å². The lowest BCUT2D eigenvalue weighted by molar-refractivity contribution is -0.129. The predicted molar refractivity (Wildman–Crippen MR) is 124 cm³/mol. The normalized spacial score (nSPS) is 18.2. The number of nitrogens with zero attached hydrogens (tertiary/aromatic N) is 4. The first-order chi connectivity index (χ1) is 15.2. The van der Waals surface area contributed by atoms with Crippen LogP contribution in [-0.4, -0.2) is 51.0 Å². The monoisotopic (exact) mass is 443 g/mol. The number of anilines is 1. The summed E-state index contributed by atoms with van der Waals surface area (Å²) in [6.45, 7) is 4.36. The zero-order valence-corrected chi connectivity index (χ0v) is 19.4. The third kappa shape index (κ3) is 5.34. The number of aromatic nitrogens is 3. The molecule has 1 aliphatic heterocycles. The van der Waals surface area contributed by atoms with Gasteiger partial charge < -0.3 is 19.5 Å². The molecular formula is C23H33N5O2S. The molecule has 0 unspecified atom stereocenters. The van der Waals surface area contributed by atoms with Gasteiger partial charge in [-0.3, -0.25) is 4.79 Å². The molecule has 8 heteroatoms. The Morgan fingerprint density at radius 2 is 1.97 bits per heavy atom. The number of carbonyl (C=O) groups excluding carboxylic acids is 1. The molecule has 0 bridgehead atoms. The molecule has 1 saturated carbocycles. The molecule has 0 radical (unpaired) electrons. The minimum Gasteiger partial charge on any atom is -0.497 e. The summed E-state index contributed by atoms with van der Waals surface area (Å²) >= 11 is 1.56. The number of ether oxygens (including phenoxy) is 1. The van der Waals surface area contributed by atoms with Crippen LogP contribution in [-0.2, 0) is 11.3 Å². The molecular weight excluding hydrogens is 410 g/mol. The standard InChI is InChI=1S/C23H33N5O2S/c1-17(22(29)27-13-6-7-14-27)31-23-26-25-21(28(23)19-10-4-3-5-11-19)16-24-18-9-8-12-20(15-18)30-2/h8-9,12,15,17,19,24H,3-7,10-11,13-14,16H2,1-2H3/t17-/m0/s1. The number of methoxy groups -OCH3 is 1. The quantitative estimate of drug-likeness (QED) is 0.606. The number of thioether (sulfide) groups is 1. The number of likely N-dealkylation sites (tertiary alicyclic amines) is 1. The summed E-state index contributed by atoms with van der Waals surface area (Å²) in [5.74, 6) is 1.97. The van der Waals surface area contributed by atoms with E-state index >= 15 is 0 Å². The molecule has 7 nitrogen and oxygen atoms in total. The summed E-state index contributed by atoms with van der Waals surface area (Å²) in [4.78, 5) is 14.8. The van der Waals surface area contributed by atoms with E-state index < -0.39 is 0 Å². The fourth-order valence-corrected chi connectivity index (χ4v) is 5.55. The Hall–Kier alpha value is -2.22. The fraction of sp³-hybridized carbons (Fsp3) is 0.609. The van der Waals surface area contributed by atoms with Crippen LogP contribution in [0, 0.1) is 0 Å². The Morgan fingerprint density at radius 3 is 2.71 bits per heavy atom. The van der Waals surface area contributed by atoms with Gasteiger partial charge in [0.05, 0.1) is 18.9 Å². The van der Waals surface area contributed by atoms with E-state index in [1.54, 1.807) is 18.9 Å². The van der Waals surface area contributed by atoms with E-state index in [2.05, 4.69) is 20.1 Å². The van der Waals surface area contributed by atoms with E-state index in [4.69, 9.17) is 4.74 Å². The highest BCUT2D eigenvalue weighted by molar-refractivity contribution is 8.00. The number of rotatable bonds is 8. The van der Waals surface area contributed by atoms with E-state index in [-0.39, 0.29) is 11.2 Å². The lowest BCUT2D eigenvalue weighted by Crippen LogP contribution is -2.34. The second-order valence-corrected chi connectivity index (χ2v) is 9.75. The van der Waals surface area contributed by atoms with Gasteiger partial charge in [0.15, 0.2) is 11.0 Å². The Labute approximate surface area is 188 Å². The third-order valence-corrected chi connectivity index (χ3v) is 7.29. The summed E-state index contributed by atoms with van der Waals surface area (Å²) in [5.41, 5.74) is 0.990. The highest BCUT2D eigenvalue weighted by atomic mass is 32.2. The van der Waals surface area contributed by atoms with Gasteiger partial charge in [-0.05, 0) is 44.7 Å². The van der Waals surface area contributed by atoms with Gasteiger partial charge in [-0.25, -0.2) is 0 Å². The smallest absolute Gasteiger partial charge is 0.235 e. The van der Waals surface area contributed by atoms with Crippen molar-refractivity contribution in [2.45, 2.75) is 74.9 Å². The highest BCUT2D eigenvalue weighted by Crippen LogP contribution is 2.34. The molecule has 2 aromatic rings. The molecule has 2 heterocycles. The topological polar surface area (TPSA) is 72.3 Å². The zero-order valence-electron chi connectivity index (χ0n) is 18.5. The van der Waals surface area contributed by atoms with E-state index in [1.165, 1.54) is 19.3 Å². The number of hydrogen-bond donors (Lipinski definition) is 1. The van der Waals surface area contributed by atoms with Crippen molar-refractivity contribution >= 4 is 23.4 Å². The van der Waals surface area contributed by atoms with Crippen LogP contribution in [0.3, 0.4) is 0 Å². The van der Waals surface area contributed by atoms with Crippen molar-refractivity contribution < 1.29 is 9.53 Å². The average Bonchev–Trinajstić information content (AvgIpc) is 3.48. The summed E-state index contributed by atoms with van der Waals surface area (Å²) in [6, 6.07) is 8.32. The van der Waals surface area contributed by atoms with Crippen LogP contribution in [0.15, 0.2) is 29.4 Å². The first-order valence-corrected chi connectivity index (χ1v) is 12.3.